The van der Waals surface area contributed by atoms with E-state index in [4.69, 9.17) is 5.73 Å². The molecule has 0 radical (unpaired) electrons. The highest BCUT2D eigenvalue weighted by Crippen LogP contribution is 2.26. The Morgan fingerprint density at radius 1 is 1.18 bits per heavy atom. The molecule has 1 saturated carbocycles. The van der Waals surface area contributed by atoms with E-state index in [-0.39, 0.29) is 42.4 Å². The zero-order valence-electron chi connectivity index (χ0n) is 12.2. The number of anilines is 2. The van der Waals surface area contributed by atoms with Crippen LogP contribution in [0.5, 0.6) is 0 Å². The minimum Gasteiger partial charge on any atom is -0.325 e. The number of carbonyl (C=O) groups excluding carboxylic acids is 2. The highest BCUT2D eigenvalue weighted by atomic mass is 35.5. The summed E-state index contributed by atoms with van der Waals surface area (Å²) in [6, 6.07) is 4.05. The van der Waals surface area contributed by atoms with Crippen LogP contribution >= 0.6 is 12.4 Å². The predicted molar refractivity (Wildman–Crippen MR) is 86.5 cm³/mol. The fourth-order valence-electron chi connectivity index (χ4n) is 2.51. The summed E-state index contributed by atoms with van der Waals surface area (Å²) < 4.78 is 13.8. The molecule has 7 heteroatoms. The average molecular weight is 330 g/mol. The van der Waals surface area contributed by atoms with Crippen molar-refractivity contribution in [3.8, 4) is 0 Å². The Labute approximate surface area is 135 Å². The standard InChI is InChI=1S/C15H20FN3O2.ClH/c16-12-7-6-11(18-14(20)9-17)8-13(12)19-15(21)10-4-2-1-3-5-10;/h6-8,10H,1-5,9,17H2,(H,18,20)(H,19,21);1H. The van der Waals surface area contributed by atoms with E-state index in [1.54, 1.807) is 0 Å². The quantitative estimate of drug-likeness (QED) is 0.794. The van der Waals surface area contributed by atoms with Crippen LogP contribution in [0.15, 0.2) is 18.2 Å². The van der Waals surface area contributed by atoms with E-state index in [1.165, 1.54) is 18.2 Å². The fraction of sp³-hybridized carbons (Fsp3) is 0.467. The molecule has 4 N–H and O–H groups in total. The van der Waals surface area contributed by atoms with Crippen molar-refractivity contribution in [2.45, 2.75) is 32.1 Å². The summed E-state index contributed by atoms with van der Waals surface area (Å²) in [5.74, 6) is -1.10. The van der Waals surface area contributed by atoms with Gasteiger partial charge in [-0.25, -0.2) is 4.39 Å². The molecule has 0 aromatic heterocycles. The van der Waals surface area contributed by atoms with Crippen molar-refractivity contribution in [1.29, 1.82) is 0 Å². The van der Waals surface area contributed by atoms with Gasteiger partial charge in [0.25, 0.3) is 0 Å². The molecule has 1 aliphatic carbocycles. The van der Waals surface area contributed by atoms with Gasteiger partial charge >= 0.3 is 0 Å². The number of hydrogen-bond acceptors (Lipinski definition) is 3. The molecule has 1 aliphatic rings. The monoisotopic (exact) mass is 329 g/mol. The second-order valence-electron chi connectivity index (χ2n) is 5.27. The first kappa shape index (κ1) is 18.4. The molecule has 0 bridgehead atoms. The number of hydrogen-bond donors (Lipinski definition) is 3. The van der Waals surface area contributed by atoms with Gasteiger partial charge in [0.1, 0.15) is 5.82 Å². The van der Waals surface area contributed by atoms with Crippen molar-refractivity contribution in [2.24, 2.45) is 11.7 Å². The summed E-state index contributed by atoms with van der Waals surface area (Å²) in [6.07, 6.45) is 4.91. The third kappa shape index (κ3) is 4.96. The van der Waals surface area contributed by atoms with Crippen molar-refractivity contribution < 1.29 is 14.0 Å². The molecular formula is C15H21ClFN3O2. The molecule has 22 heavy (non-hydrogen) atoms. The van der Waals surface area contributed by atoms with E-state index in [0.717, 1.165) is 32.1 Å². The number of nitrogens with two attached hydrogens (primary N) is 1. The Morgan fingerprint density at radius 3 is 2.50 bits per heavy atom. The van der Waals surface area contributed by atoms with Gasteiger partial charge in [-0.2, -0.15) is 0 Å². The first-order chi connectivity index (χ1) is 10.1. The Hall–Kier alpha value is -1.66. The molecule has 0 atom stereocenters. The van der Waals surface area contributed by atoms with Crippen molar-refractivity contribution in [1.82, 2.24) is 0 Å². The van der Waals surface area contributed by atoms with Crippen LogP contribution in [0.25, 0.3) is 0 Å². The summed E-state index contributed by atoms with van der Waals surface area (Å²) in [4.78, 5) is 23.4. The van der Waals surface area contributed by atoms with Gasteiger partial charge in [0.15, 0.2) is 0 Å². The molecule has 1 fully saturated rings. The fourth-order valence-corrected chi connectivity index (χ4v) is 2.51. The van der Waals surface area contributed by atoms with Crippen LogP contribution in [-0.2, 0) is 9.59 Å². The second-order valence-corrected chi connectivity index (χ2v) is 5.27. The average Bonchev–Trinajstić information content (AvgIpc) is 2.51. The van der Waals surface area contributed by atoms with E-state index in [2.05, 4.69) is 10.6 Å². The summed E-state index contributed by atoms with van der Waals surface area (Å²) in [6.45, 7) is -0.152. The van der Waals surface area contributed by atoms with Crippen LogP contribution in [-0.4, -0.2) is 18.4 Å². The summed E-state index contributed by atoms with van der Waals surface area (Å²) in [5.41, 5.74) is 5.70. The van der Waals surface area contributed by atoms with Crippen LogP contribution in [0.1, 0.15) is 32.1 Å². The lowest BCUT2D eigenvalue weighted by Crippen LogP contribution is -2.25. The van der Waals surface area contributed by atoms with Gasteiger partial charge in [0.2, 0.25) is 11.8 Å². The van der Waals surface area contributed by atoms with Gasteiger partial charge in [-0.3, -0.25) is 9.59 Å². The van der Waals surface area contributed by atoms with Crippen LogP contribution in [0.2, 0.25) is 0 Å². The van der Waals surface area contributed by atoms with Crippen LogP contribution in [0.4, 0.5) is 15.8 Å². The molecule has 5 nitrogen and oxygen atoms in total. The van der Waals surface area contributed by atoms with E-state index < -0.39 is 5.82 Å². The maximum atomic E-state index is 13.8. The highest BCUT2D eigenvalue weighted by molar-refractivity contribution is 5.95. The molecule has 0 heterocycles. The van der Waals surface area contributed by atoms with Gasteiger partial charge in [-0.05, 0) is 31.0 Å². The van der Waals surface area contributed by atoms with E-state index in [9.17, 15) is 14.0 Å². The SMILES string of the molecule is Cl.NCC(=O)Nc1ccc(F)c(NC(=O)C2CCCCC2)c1. The first-order valence-corrected chi connectivity index (χ1v) is 7.20. The lowest BCUT2D eigenvalue weighted by Gasteiger charge is -2.21. The molecule has 1 aromatic rings. The summed E-state index contributed by atoms with van der Waals surface area (Å²) in [5, 5.41) is 5.15. The van der Waals surface area contributed by atoms with Gasteiger partial charge in [0, 0.05) is 11.6 Å². The molecule has 0 saturated heterocycles. The number of halogens is 2. The third-order valence-corrected chi connectivity index (χ3v) is 3.67. The molecule has 0 aliphatic heterocycles. The number of benzene rings is 1. The largest absolute Gasteiger partial charge is 0.325 e. The lowest BCUT2D eigenvalue weighted by molar-refractivity contribution is -0.120. The van der Waals surface area contributed by atoms with Crippen molar-refractivity contribution in [2.75, 3.05) is 17.2 Å². The van der Waals surface area contributed by atoms with Gasteiger partial charge in [0.05, 0.1) is 12.2 Å². The number of amides is 2. The van der Waals surface area contributed by atoms with Gasteiger partial charge in [-0.15, -0.1) is 12.4 Å². The minimum absolute atomic E-state index is 0. The third-order valence-electron chi connectivity index (χ3n) is 3.67. The summed E-state index contributed by atoms with van der Waals surface area (Å²) in [7, 11) is 0. The predicted octanol–water partition coefficient (Wildman–Crippen LogP) is 2.66. The first-order valence-electron chi connectivity index (χ1n) is 7.20. The Balaban J connectivity index is 0.00000242. The van der Waals surface area contributed by atoms with E-state index in [0.29, 0.717) is 5.69 Å². The van der Waals surface area contributed by atoms with Crippen LogP contribution < -0.4 is 16.4 Å². The molecular weight excluding hydrogens is 309 g/mol. The number of nitrogens with one attached hydrogen (secondary N) is 2. The van der Waals surface area contributed by atoms with Crippen molar-refractivity contribution >= 4 is 35.6 Å². The van der Waals surface area contributed by atoms with Crippen molar-refractivity contribution in [3.05, 3.63) is 24.0 Å². The van der Waals surface area contributed by atoms with Gasteiger partial charge < -0.3 is 16.4 Å². The van der Waals surface area contributed by atoms with E-state index >= 15 is 0 Å². The smallest absolute Gasteiger partial charge is 0.238 e. The minimum atomic E-state index is -0.523. The molecule has 0 spiro atoms. The Bertz CT molecular complexity index is 534. The Morgan fingerprint density at radius 2 is 1.86 bits per heavy atom. The lowest BCUT2D eigenvalue weighted by atomic mass is 9.88. The molecule has 0 unspecified atom stereocenters. The highest BCUT2D eigenvalue weighted by Gasteiger charge is 2.22. The van der Waals surface area contributed by atoms with Gasteiger partial charge in [-0.1, -0.05) is 19.3 Å². The maximum Gasteiger partial charge on any atom is 0.238 e. The summed E-state index contributed by atoms with van der Waals surface area (Å²) >= 11 is 0. The Kier molecular flexibility index (Phi) is 7.27. The zero-order valence-corrected chi connectivity index (χ0v) is 13.0. The molecule has 122 valence electrons. The number of carbonyl (C=O) groups is 2. The van der Waals surface area contributed by atoms with Crippen LogP contribution in [0, 0.1) is 11.7 Å². The normalized spacial score (nSPS) is 14.8. The van der Waals surface area contributed by atoms with E-state index in [1.807, 2.05) is 0 Å². The molecule has 1 aromatic carbocycles. The maximum absolute atomic E-state index is 13.8. The van der Waals surface area contributed by atoms with Crippen molar-refractivity contribution in [3.63, 3.8) is 0 Å². The molecule has 2 amide bonds. The molecule has 2 rings (SSSR count). The zero-order chi connectivity index (χ0) is 15.2. The second kappa shape index (κ2) is 8.70. The number of rotatable bonds is 4. The topological polar surface area (TPSA) is 84.2 Å². The van der Waals surface area contributed by atoms with Crippen LogP contribution in [0.3, 0.4) is 0 Å².